The molecule has 1 aromatic carbocycles. The molecule has 0 unspecified atom stereocenters. The van der Waals surface area contributed by atoms with Gasteiger partial charge in [0.25, 0.3) is 0 Å². The van der Waals surface area contributed by atoms with Crippen molar-refractivity contribution in [2.24, 2.45) is 0 Å². The molecule has 2 aromatic rings. The molecule has 0 radical (unpaired) electrons. The fraction of sp³-hybridized carbons (Fsp3) is 0.526. The van der Waals surface area contributed by atoms with Crippen LogP contribution >= 0.6 is 11.6 Å². The lowest BCUT2D eigenvalue weighted by Gasteiger charge is -2.26. The zero-order chi connectivity index (χ0) is 18.9. The third-order valence-electron chi connectivity index (χ3n) is 4.51. The van der Waals surface area contributed by atoms with Crippen LogP contribution in [-0.2, 0) is 11.2 Å². The molecule has 0 spiro atoms. The predicted octanol–water partition coefficient (Wildman–Crippen LogP) is 2.70. The average molecular weight is 391 g/mol. The Kier molecular flexibility index (Phi) is 7.62. The Morgan fingerprint density at radius 1 is 1.11 bits per heavy atom. The molecule has 1 aliphatic rings. The zero-order valence-corrected chi connectivity index (χ0v) is 16.5. The monoisotopic (exact) mass is 390 g/mol. The molecule has 8 heteroatoms. The number of ether oxygens (including phenoxy) is 1. The number of rotatable bonds is 9. The Morgan fingerprint density at radius 3 is 2.63 bits per heavy atom. The molecule has 7 nitrogen and oxygen atoms in total. The highest BCUT2D eigenvalue weighted by atomic mass is 35.5. The molecule has 2 N–H and O–H groups in total. The predicted molar refractivity (Wildman–Crippen MR) is 108 cm³/mol. The van der Waals surface area contributed by atoms with Gasteiger partial charge in [0.15, 0.2) is 0 Å². The third-order valence-corrected chi connectivity index (χ3v) is 4.68. The first kappa shape index (κ1) is 19.8. The summed E-state index contributed by atoms with van der Waals surface area (Å²) in [6.45, 7) is 7.31. The maximum atomic E-state index is 6.06. The Bertz CT molecular complexity index is 696. The highest BCUT2D eigenvalue weighted by Gasteiger charge is 2.11. The van der Waals surface area contributed by atoms with Gasteiger partial charge in [-0.3, -0.25) is 4.90 Å². The van der Waals surface area contributed by atoms with E-state index in [1.54, 1.807) is 0 Å². The average Bonchev–Trinajstić information content (AvgIpc) is 2.68. The number of nitrogens with one attached hydrogen (secondary N) is 2. The zero-order valence-electron chi connectivity index (χ0n) is 15.7. The molecule has 3 rings (SSSR count). The number of aromatic nitrogens is 3. The van der Waals surface area contributed by atoms with Gasteiger partial charge >= 0.3 is 0 Å². The van der Waals surface area contributed by atoms with Crippen LogP contribution in [0.25, 0.3) is 0 Å². The Morgan fingerprint density at radius 2 is 1.85 bits per heavy atom. The second-order valence-corrected chi connectivity index (χ2v) is 7.04. The van der Waals surface area contributed by atoms with Crippen LogP contribution in [0.3, 0.4) is 0 Å². The van der Waals surface area contributed by atoms with Gasteiger partial charge in [0.1, 0.15) is 0 Å². The molecule has 1 aromatic heterocycles. The summed E-state index contributed by atoms with van der Waals surface area (Å²) in [5.41, 5.74) is 1.32. The van der Waals surface area contributed by atoms with Gasteiger partial charge in [-0.2, -0.15) is 15.0 Å². The number of benzene rings is 1. The minimum Gasteiger partial charge on any atom is -0.379 e. The molecule has 2 heterocycles. The number of nitrogens with zero attached hydrogens (tertiary/aromatic N) is 4. The molecule has 0 bridgehead atoms. The van der Waals surface area contributed by atoms with Crippen LogP contribution in [0.15, 0.2) is 30.3 Å². The summed E-state index contributed by atoms with van der Waals surface area (Å²) in [6.07, 6.45) is 1.98. The Balaban J connectivity index is 1.46. The highest BCUT2D eigenvalue weighted by molar-refractivity contribution is 6.28. The van der Waals surface area contributed by atoms with Gasteiger partial charge in [-0.1, -0.05) is 30.3 Å². The molecule has 0 aliphatic carbocycles. The summed E-state index contributed by atoms with van der Waals surface area (Å²) in [6, 6.07) is 10.7. The quantitative estimate of drug-likeness (QED) is 0.681. The van der Waals surface area contributed by atoms with Gasteiger partial charge in [-0.25, -0.2) is 0 Å². The van der Waals surface area contributed by atoms with Gasteiger partial charge in [0.2, 0.25) is 17.2 Å². The number of hydrogen-bond acceptors (Lipinski definition) is 7. The standard InChI is InChI=1S/C19H27ClN6O/c1-15(7-8-16-5-3-2-4-6-16)22-19-24-17(20)23-18(25-19)21-9-10-26-11-13-27-14-12-26/h2-6,15H,7-14H2,1H3,(H2,21,22,23,24,25)/t15-/m1/s1. The van der Waals surface area contributed by atoms with E-state index >= 15 is 0 Å². The topological polar surface area (TPSA) is 75.2 Å². The van der Waals surface area contributed by atoms with Gasteiger partial charge in [0.05, 0.1) is 13.2 Å². The van der Waals surface area contributed by atoms with Crippen LogP contribution in [0.4, 0.5) is 11.9 Å². The van der Waals surface area contributed by atoms with Crippen LogP contribution in [-0.4, -0.2) is 65.3 Å². The van der Waals surface area contributed by atoms with Crippen molar-refractivity contribution in [3.05, 3.63) is 41.2 Å². The summed E-state index contributed by atoms with van der Waals surface area (Å²) >= 11 is 6.06. The van der Waals surface area contributed by atoms with E-state index in [4.69, 9.17) is 16.3 Å². The normalized spacial score (nSPS) is 16.1. The van der Waals surface area contributed by atoms with E-state index in [1.165, 1.54) is 5.56 Å². The number of aryl methyl sites for hydroxylation is 1. The molecule has 0 saturated carbocycles. The SMILES string of the molecule is C[C@H](CCc1ccccc1)Nc1nc(Cl)nc(NCCN2CCOCC2)n1. The van der Waals surface area contributed by atoms with Crippen molar-refractivity contribution in [3.63, 3.8) is 0 Å². The molecule has 1 saturated heterocycles. The van der Waals surface area contributed by atoms with Crippen molar-refractivity contribution < 1.29 is 4.74 Å². The first-order valence-corrected chi connectivity index (χ1v) is 9.83. The molecule has 1 fully saturated rings. The summed E-state index contributed by atoms with van der Waals surface area (Å²) in [5.74, 6) is 1.01. The van der Waals surface area contributed by atoms with Crippen LogP contribution in [0, 0.1) is 0 Å². The van der Waals surface area contributed by atoms with Crippen molar-refractivity contribution in [2.45, 2.75) is 25.8 Å². The minimum absolute atomic E-state index is 0.191. The smallest absolute Gasteiger partial charge is 0.229 e. The van der Waals surface area contributed by atoms with Gasteiger partial charge in [0, 0.05) is 32.2 Å². The first-order valence-electron chi connectivity index (χ1n) is 9.45. The Hall–Kier alpha value is -1.96. The van der Waals surface area contributed by atoms with Crippen LogP contribution < -0.4 is 10.6 Å². The molecule has 1 aliphatic heterocycles. The van der Waals surface area contributed by atoms with E-state index in [1.807, 2.05) is 6.07 Å². The Labute approximate surface area is 165 Å². The fourth-order valence-corrected chi connectivity index (χ4v) is 3.12. The second kappa shape index (κ2) is 10.4. The van der Waals surface area contributed by atoms with Crippen molar-refractivity contribution in [2.75, 3.05) is 50.0 Å². The first-order chi connectivity index (χ1) is 13.2. The van der Waals surface area contributed by atoms with E-state index in [-0.39, 0.29) is 11.3 Å². The fourth-order valence-electron chi connectivity index (χ4n) is 2.96. The lowest BCUT2D eigenvalue weighted by atomic mass is 10.1. The largest absolute Gasteiger partial charge is 0.379 e. The minimum atomic E-state index is 0.191. The summed E-state index contributed by atoms with van der Waals surface area (Å²) in [7, 11) is 0. The summed E-state index contributed by atoms with van der Waals surface area (Å²) in [5, 5.41) is 6.75. The molecular weight excluding hydrogens is 364 g/mol. The van der Waals surface area contributed by atoms with E-state index in [2.05, 4.69) is 61.7 Å². The molecule has 0 amide bonds. The molecule has 146 valence electrons. The van der Waals surface area contributed by atoms with E-state index < -0.39 is 0 Å². The lowest BCUT2D eigenvalue weighted by Crippen LogP contribution is -2.39. The molecule has 27 heavy (non-hydrogen) atoms. The maximum absolute atomic E-state index is 6.06. The van der Waals surface area contributed by atoms with Crippen molar-refractivity contribution in [3.8, 4) is 0 Å². The van der Waals surface area contributed by atoms with Gasteiger partial charge in [-0.15, -0.1) is 0 Å². The lowest BCUT2D eigenvalue weighted by molar-refractivity contribution is 0.0398. The third kappa shape index (κ3) is 6.93. The molecule has 1 atom stereocenters. The van der Waals surface area contributed by atoms with E-state index in [9.17, 15) is 0 Å². The maximum Gasteiger partial charge on any atom is 0.229 e. The highest BCUT2D eigenvalue weighted by Crippen LogP contribution is 2.13. The number of anilines is 2. The number of halogens is 1. The van der Waals surface area contributed by atoms with Gasteiger partial charge < -0.3 is 15.4 Å². The summed E-state index contributed by atoms with van der Waals surface area (Å²) in [4.78, 5) is 15.1. The van der Waals surface area contributed by atoms with Crippen molar-refractivity contribution in [1.82, 2.24) is 19.9 Å². The second-order valence-electron chi connectivity index (χ2n) is 6.70. The number of morpholine rings is 1. The van der Waals surface area contributed by atoms with E-state index in [0.717, 1.165) is 52.2 Å². The van der Waals surface area contributed by atoms with Crippen molar-refractivity contribution >= 4 is 23.5 Å². The van der Waals surface area contributed by atoms with E-state index in [0.29, 0.717) is 11.9 Å². The van der Waals surface area contributed by atoms with Crippen molar-refractivity contribution in [1.29, 1.82) is 0 Å². The number of hydrogen-bond donors (Lipinski definition) is 2. The van der Waals surface area contributed by atoms with Crippen LogP contribution in [0.1, 0.15) is 18.9 Å². The van der Waals surface area contributed by atoms with Crippen LogP contribution in [0.2, 0.25) is 5.28 Å². The van der Waals surface area contributed by atoms with Gasteiger partial charge in [-0.05, 0) is 36.9 Å². The van der Waals surface area contributed by atoms with Crippen LogP contribution in [0.5, 0.6) is 0 Å². The molecular formula is C19H27ClN6O. The summed E-state index contributed by atoms with van der Waals surface area (Å²) < 4.78 is 5.36.